The average Bonchev–Trinajstić information content (AvgIpc) is 2.67. The monoisotopic (exact) mass is 285 g/mol. The molecule has 0 saturated carbocycles. The highest BCUT2D eigenvalue weighted by atomic mass is 32.2. The van der Waals surface area contributed by atoms with Gasteiger partial charge < -0.3 is 10.3 Å². The Hall–Kier alpha value is -2.09. The zero-order valence-electron chi connectivity index (χ0n) is 10.1. The van der Waals surface area contributed by atoms with Gasteiger partial charge in [0.25, 0.3) is 0 Å². The van der Waals surface area contributed by atoms with E-state index < -0.39 is 21.6 Å². The van der Waals surface area contributed by atoms with E-state index >= 15 is 0 Å². The second-order valence-electron chi connectivity index (χ2n) is 4.03. The lowest BCUT2D eigenvalue weighted by Gasteiger charge is -2.07. The molecular weight excluding hydrogens is 273 g/mol. The number of nitrogens with zero attached hydrogens (tertiary/aromatic N) is 1. The van der Waals surface area contributed by atoms with Gasteiger partial charge >= 0.3 is 0 Å². The number of nitrogens with two attached hydrogens (primary N) is 1. The van der Waals surface area contributed by atoms with Crippen molar-refractivity contribution in [3.8, 4) is 0 Å². The van der Waals surface area contributed by atoms with E-state index in [4.69, 9.17) is 10.3 Å². The van der Waals surface area contributed by atoms with Crippen LogP contribution in [0.3, 0.4) is 0 Å². The van der Waals surface area contributed by atoms with Crippen LogP contribution in [0.2, 0.25) is 0 Å². The van der Waals surface area contributed by atoms with E-state index in [1.54, 1.807) is 6.92 Å². The molecule has 0 aliphatic rings. The Morgan fingerprint density at radius 3 is 2.74 bits per heavy atom. The lowest BCUT2D eigenvalue weighted by Crippen LogP contribution is -2.16. The molecule has 0 spiro atoms. The summed E-state index contributed by atoms with van der Waals surface area (Å²) in [7, 11) is -3.76. The maximum atomic E-state index is 13.5. The van der Waals surface area contributed by atoms with Crippen molar-refractivity contribution >= 4 is 21.4 Å². The highest BCUT2D eigenvalue weighted by molar-refractivity contribution is 7.91. The van der Waals surface area contributed by atoms with Crippen LogP contribution in [0, 0.1) is 12.7 Å². The molecule has 0 aliphatic carbocycles. The fraction of sp³-hybridized carbons (Fsp3) is 0.182. The molecule has 0 bridgehead atoms. The molecule has 1 aromatic heterocycles. The molecule has 2 rings (SSSR count). The molecule has 6 nitrogen and oxygen atoms in total. The number of hydrogen-bond acceptors (Lipinski definition) is 5. The SMILES string of the molecule is Cc1cc(CS(=O)(=O)Nc2ccc(N)cc2F)no1. The summed E-state index contributed by atoms with van der Waals surface area (Å²) < 4.78 is 44.0. The van der Waals surface area contributed by atoms with Crippen LogP contribution in [0.1, 0.15) is 11.5 Å². The van der Waals surface area contributed by atoms with Crippen molar-refractivity contribution in [3.05, 3.63) is 41.5 Å². The third-order valence-corrected chi connectivity index (χ3v) is 3.48. The minimum absolute atomic E-state index is 0.158. The Kier molecular flexibility index (Phi) is 3.43. The standard InChI is InChI=1S/C11H12FN3O3S/c1-7-4-9(14-18-7)6-19(16,17)15-11-3-2-8(13)5-10(11)12/h2-5,15H,6,13H2,1H3. The Morgan fingerprint density at radius 2 is 2.16 bits per heavy atom. The van der Waals surface area contributed by atoms with Crippen LogP contribution in [-0.2, 0) is 15.8 Å². The van der Waals surface area contributed by atoms with Crippen molar-refractivity contribution in [2.24, 2.45) is 0 Å². The minimum atomic E-state index is -3.76. The second-order valence-corrected chi connectivity index (χ2v) is 5.75. The maximum absolute atomic E-state index is 13.5. The molecule has 1 heterocycles. The smallest absolute Gasteiger partial charge is 0.238 e. The molecule has 0 radical (unpaired) electrons. The van der Waals surface area contributed by atoms with Gasteiger partial charge in [-0.25, -0.2) is 12.8 Å². The normalized spacial score (nSPS) is 11.5. The number of hydrogen-bond donors (Lipinski definition) is 2. The van der Waals surface area contributed by atoms with Crippen LogP contribution in [0.5, 0.6) is 0 Å². The van der Waals surface area contributed by atoms with Crippen LogP contribution < -0.4 is 10.5 Å². The topological polar surface area (TPSA) is 98.2 Å². The first-order valence-electron chi connectivity index (χ1n) is 5.33. The summed E-state index contributed by atoms with van der Waals surface area (Å²) in [5.41, 5.74) is 5.69. The quantitative estimate of drug-likeness (QED) is 0.832. The molecule has 0 unspecified atom stereocenters. The number of sulfonamides is 1. The van der Waals surface area contributed by atoms with Crippen LogP contribution in [-0.4, -0.2) is 13.6 Å². The van der Waals surface area contributed by atoms with E-state index in [0.29, 0.717) is 5.76 Å². The van der Waals surface area contributed by atoms with Crippen molar-refractivity contribution in [2.45, 2.75) is 12.7 Å². The van der Waals surface area contributed by atoms with Crippen LogP contribution >= 0.6 is 0 Å². The highest BCUT2D eigenvalue weighted by Gasteiger charge is 2.16. The van der Waals surface area contributed by atoms with E-state index in [-0.39, 0.29) is 17.1 Å². The fourth-order valence-electron chi connectivity index (χ4n) is 1.50. The first kappa shape index (κ1) is 13.3. The molecule has 19 heavy (non-hydrogen) atoms. The average molecular weight is 285 g/mol. The second kappa shape index (κ2) is 4.88. The van der Waals surface area contributed by atoms with Gasteiger partial charge in [0, 0.05) is 11.8 Å². The summed E-state index contributed by atoms with van der Waals surface area (Å²) in [6.07, 6.45) is 0. The van der Waals surface area contributed by atoms with E-state index in [9.17, 15) is 12.8 Å². The predicted molar refractivity (Wildman–Crippen MR) is 68.3 cm³/mol. The summed E-state index contributed by atoms with van der Waals surface area (Å²) >= 11 is 0. The third kappa shape index (κ3) is 3.44. The van der Waals surface area contributed by atoms with E-state index in [1.165, 1.54) is 18.2 Å². The predicted octanol–water partition coefficient (Wildman–Crippen LogP) is 1.65. The molecule has 102 valence electrons. The van der Waals surface area contributed by atoms with Gasteiger partial charge in [0.05, 0.1) is 5.69 Å². The van der Waals surface area contributed by atoms with Crippen molar-refractivity contribution in [1.29, 1.82) is 0 Å². The zero-order valence-corrected chi connectivity index (χ0v) is 10.9. The molecule has 1 aromatic carbocycles. The molecule has 0 fully saturated rings. The minimum Gasteiger partial charge on any atom is -0.399 e. The summed E-state index contributed by atoms with van der Waals surface area (Å²) in [5.74, 6) is -0.627. The van der Waals surface area contributed by atoms with Gasteiger partial charge in [-0.1, -0.05) is 5.16 Å². The summed E-state index contributed by atoms with van der Waals surface area (Å²) in [5, 5.41) is 3.57. The van der Waals surface area contributed by atoms with Gasteiger partial charge in [-0.3, -0.25) is 4.72 Å². The van der Waals surface area contributed by atoms with Gasteiger partial charge in [-0.05, 0) is 25.1 Å². The summed E-state index contributed by atoms with van der Waals surface area (Å²) in [6, 6.07) is 5.20. The lowest BCUT2D eigenvalue weighted by atomic mass is 10.3. The number of benzene rings is 1. The number of nitrogens with one attached hydrogen (secondary N) is 1. The Balaban J connectivity index is 2.17. The van der Waals surface area contributed by atoms with Gasteiger partial charge in [0.2, 0.25) is 10.0 Å². The Labute approximate surface area is 109 Å². The number of aryl methyl sites for hydroxylation is 1. The number of nitrogen functional groups attached to an aromatic ring is 1. The van der Waals surface area contributed by atoms with Gasteiger partial charge in [0.1, 0.15) is 23.0 Å². The maximum Gasteiger partial charge on any atom is 0.238 e. The van der Waals surface area contributed by atoms with Crippen LogP contribution in [0.15, 0.2) is 28.8 Å². The van der Waals surface area contributed by atoms with Crippen LogP contribution in [0.4, 0.5) is 15.8 Å². The van der Waals surface area contributed by atoms with Crippen molar-refractivity contribution < 1.29 is 17.3 Å². The largest absolute Gasteiger partial charge is 0.399 e. The first-order valence-corrected chi connectivity index (χ1v) is 6.99. The van der Waals surface area contributed by atoms with Crippen molar-refractivity contribution in [1.82, 2.24) is 5.16 Å². The number of anilines is 2. The summed E-state index contributed by atoms with van der Waals surface area (Å²) in [4.78, 5) is 0. The van der Waals surface area contributed by atoms with E-state index in [2.05, 4.69) is 9.88 Å². The molecule has 0 aliphatic heterocycles. The molecule has 3 N–H and O–H groups in total. The first-order chi connectivity index (χ1) is 8.85. The lowest BCUT2D eigenvalue weighted by molar-refractivity contribution is 0.392. The summed E-state index contributed by atoms with van der Waals surface area (Å²) in [6.45, 7) is 1.65. The van der Waals surface area contributed by atoms with E-state index in [1.807, 2.05) is 0 Å². The zero-order chi connectivity index (χ0) is 14.0. The van der Waals surface area contributed by atoms with Gasteiger partial charge in [-0.15, -0.1) is 0 Å². The molecule has 8 heteroatoms. The van der Waals surface area contributed by atoms with Crippen molar-refractivity contribution in [3.63, 3.8) is 0 Å². The Bertz CT molecular complexity index is 697. The molecule has 2 aromatic rings. The number of rotatable bonds is 4. The number of aromatic nitrogens is 1. The van der Waals surface area contributed by atoms with E-state index in [0.717, 1.165) is 6.07 Å². The third-order valence-electron chi connectivity index (χ3n) is 2.27. The van der Waals surface area contributed by atoms with Crippen molar-refractivity contribution in [2.75, 3.05) is 10.5 Å². The fourth-order valence-corrected chi connectivity index (χ4v) is 2.60. The molecule has 0 atom stereocenters. The molecule has 0 amide bonds. The van der Waals surface area contributed by atoms with Crippen LogP contribution in [0.25, 0.3) is 0 Å². The molecule has 0 saturated heterocycles. The molecular formula is C11H12FN3O3S. The number of halogens is 1. The highest BCUT2D eigenvalue weighted by Crippen LogP contribution is 2.19. The Morgan fingerprint density at radius 1 is 1.42 bits per heavy atom. The van der Waals surface area contributed by atoms with Gasteiger partial charge in [-0.2, -0.15) is 0 Å². The van der Waals surface area contributed by atoms with Gasteiger partial charge in [0.15, 0.2) is 0 Å².